The first-order valence-corrected chi connectivity index (χ1v) is 12.4. The summed E-state index contributed by atoms with van der Waals surface area (Å²) in [5.41, 5.74) is -0.139. The van der Waals surface area contributed by atoms with E-state index in [4.69, 9.17) is 9.47 Å². The Morgan fingerprint density at radius 1 is 1.27 bits per heavy atom. The van der Waals surface area contributed by atoms with Crippen molar-refractivity contribution in [2.75, 3.05) is 39.9 Å². The molecule has 2 aromatic rings. The van der Waals surface area contributed by atoms with Gasteiger partial charge in [-0.05, 0) is 49.4 Å². The minimum atomic E-state index is -0.693. The van der Waals surface area contributed by atoms with Crippen molar-refractivity contribution in [1.82, 2.24) is 15.5 Å². The normalized spacial score (nSPS) is 19.2. The molecule has 2 saturated heterocycles. The van der Waals surface area contributed by atoms with E-state index in [1.54, 1.807) is 30.3 Å². The van der Waals surface area contributed by atoms with Crippen molar-refractivity contribution in [1.29, 1.82) is 5.26 Å². The molecule has 0 bridgehead atoms. The standard InChI is InChI=1S/C27H32FN5O4/c1-36-23-10-4-9-22(34)24(23)25(35)31-17-27(20-7-2-3-8-21(20)28)11-13-33(14-12-27)26(32-18-29)30-16-19-6-5-15-37-19/h2-4,7-10,19,34H,5-6,11-17H2,1H3,(H,30,32)(H,31,35)/t19-/m1/s1. The molecule has 4 rings (SSSR count). The predicted octanol–water partition coefficient (Wildman–Crippen LogP) is 2.91. The minimum absolute atomic E-state index is 0.0351. The van der Waals surface area contributed by atoms with E-state index < -0.39 is 11.3 Å². The Morgan fingerprint density at radius 3 is 2.73 bits per heavy atom. The van der Waals surface area contributed by atoms with Gasteiger partial charge in [-0.25, -0.2) is 4.39 Å². The highest BCUT2D eigenvalue weighted by Crippen LogP contribution is 2.37. The maximum absolute atomic E-state index is 15.0. The summed E-state index contributed by atoms with van der Waals surface area (Å²) >= 11 is 0. The molecule has 1 atom stereocenters. The number of amides is 1. The van der Waals surface area contributed by atoms with E-state index in [0.29, 0.717) is 44.0 Å². The summed E-state index contributed by atoms with van der Waals surface area (Å²) in [7, 11) is 1.43. The van der Waals surface area contributed by atoms with E-state index in [1.165, 1.54) is 19.2 Å². The number of guanidine groups is 1. The van der Waals surface area contributed by atoms with Gasteiger partial charge in [0.2, 0.25) is 12.2 Å². The zero-order valence-corrected chi connectivity index (χ0v) is 20.9. The van der Waals surface area contributed by atoms with Gasteiger partial charge in [0, 0.05) is 38.2 Å². The van der Waals surface area contributed by atoms with Crippen LogP contribution in [0, 0.1) is 17.3 Å². The molecule has 2 aromatic carbocycles. The Bertz CT molecular complexity index is 1170. The highest BCUT2D eigenvalue weighted by molar-refractivity contribution is 5.99. The van der Waals surface area contributed by atoms with Crippen LogP contribution in [0.25, 0.3) is 0 Å². The summed E-state index contributed by atoms with van der Waals surface area (Å²) < 4.78 is 25.9. The molecule has 2 heterocycles. The van der Waals surface area contributed by atoms with Gasteiger partial charge in [-0.3, -0.25) is 4.79 Å². The van der Waals surface area contributed by atoms with Gasteiger partial charge in [0.25, 0.3) is 5.91 Å². The topological polar surface area (TPSA) is 119 Å². The van der Waals surface area contributed by atoms with Gasteiger partial charge in [-0.1, -0.05) is 24.3 Å². The zero-order chi connectivity index (χ0) is 26.3. The van der Waals surface area contributed by atoms with Crippen LogP contribution in [0.5, 0.6) is 11.5 Å². The molecule has 10 heteroatoms. The molecule has 0 unspecified atom stereocenters. The third kappa shape index (κ3) is 5.94. The Hall–Kier alpha value is -3.84. The molecule has 0 saturated carbocycles. The van der Waals surface area contributed by atoms with Gasteiger partial charge in [-0.15, -0.1) is 4.99 Å². The third-order valence-electron chi connectivity index (χ3n) is 7.17. The highest BCUT2D eigenvalue weighted by atomic mass is 19.1. The molecular weight excluding hydrogens is 477 g/mol. The number of piperidine rings is 1. The van der Waals surface area contributed by atoms with Gasteiger partial charge < -0.3 is 30.1 Å². The Balaban J connectivity index is 1.51. The lowest BCUT2D eigenvalue weighted by Crippen LogP contribution is -2.53. The summed E-state index contributed by atoms with van der Waals surface area (Å²) in [6.45, 7) is 2.47. The number of hydrogen-bond acceptors (Lipinski definition) is 6. The Kier molecular flexibility index (Phi) is 8.46. The fraction of sp³-hybridized carbons (Fsp3) is 0.444. The van der Waals surface area contributed by atoms with Gasteiger partial charge in [0.1, 0.15) is 22.9 Å². The lowest BCUT2D eigenvalue weighted by Gasteiger charge is -2.43. The molecule has 196 valence electrons. The van der Waals surface area contributed by atoms with E-state index in [0.717, 1.165) is 19.4 Å². The molecule has 37 heavy (non-hydrogen) atoms. The molecule has 0 aromatic heterocycles. The van der Waals surface area contributed by atoms with Gasteiger partial charge in [0.05, 0.1) is 13.2 Å². The van der Waals surface area contributed by atoms with E-state index >= 15 is 4.39 Å². The first-order chi connectivity index (χ1) is 18.0. The maximum atomic E-state index is 15.0. The number of benzene rings is 2. The Morgan fingerprint density at radius 2 is 2.05 bits per heavy atom. The largest absolute Gasteiger partial charge is 0.507 e. The van der Waals surface area contributed by atoms with Crippen LogP contribution in [-0.2, 0) is 10.2 Å². The second-order valence-corrected chi connectivity index (χ2v) is 9.34. The summed E-state index contributed by atoms with van der Waals surface area (Å²) in [5.74, 6) is -0.308. The quantitative estimate of drug-likeness (QED) is 0.298. The third-order valence-corrected chi connectivity index (χ3v) is 7.17. The number of nitrogens with zero attached hydrogens (tertiary/aromatic N) is 3. The van der Waals surface area contributed by atoms with Crippen molar-refractivity contribution < 1.29 is 23.8 Å². The van der Waals surface area contributed by atoms with Gasteiger partial charge in [-0.2, -0.15) is 5.26 Å². The molecule has 0 spiro atoms. The maximum Gasteiger partial charge on any atom is 0.258 e. The lowest BCUT2D eigenvalue weighted by atomic mass is 9.72. The van der Waals surface area contributed by atoms with Crippen molar-refractivity contribution in [2.45, 2.75) is 37.2 Å². The fourth-order valence-corrected chi connectivity index (χ4v) is 5.11. The smallest absolute Gasteiger partial charge is 0.258 e. The second kappa shape index (κ2) is 11.9. The summed E-state index contributed by atoms with van der Waals surface area (Å²) in [4.78, 5) is 19.0. The average molecular weight is 510 g/mol. The van der Waals surface area contributed by atoms with E-state index in [2.05, 4.69) is 15.6 Å². The first-order valence-electron chi connectivity index (χ1n) is 12.4. The zero-order valence-electron chi connectivity index (χ0n) is 20.9. The van der Waals surface area contributed by atoms with Gasteiger partial charge in [0.15, 0.2) is 0 Å². The number of phenols is 1. The van der Waals surface area contributed by atoms with Crippen LogP contribution in [-0.4, -0.2) is 67.9 Å². The van der Waals surface area contributed by atoms with Crippen LogP contribution in [0.1, 0.15) is 41.6 Å². The number of aromatic hydroxyl groups is 1. The number of phenolic OH excluding ortho intramolecular Hbond substituents is 1. The molecule has 0 aliphatic carbocycles. The number of methoxy groups -OCH3 is 1. The minimum Gasteiger partial charge on any atom is -0.507 e. The lowest BCUT2D eigenvalue weighted by molar-refractivity contribution is 0.0924. The van der Waals surface area contributed by atoms with Gasteiger partial charge >= 0.3 is 0 Å². The number of rotatable bonds is 7. The van der Waals surface area contributed by atoms with E-state index in [1.807, 2.05) is 11.1 Å². The monoisotopic (exact) mass is 509 g/mol. The molecule has 3 N–H and O–H groups in total. The summed E-state index contributed by atoms with van der Waals surface area (Å²) in [6.07, 6.45) is 4.96. The van der Waals surface area contributed by atoms with Crippen LogP contribution < -0.4 is 15.4 Å². The molecule has 2 aliphatic heterocycles. The summed E-state index contributed by atoms with van der Waals surface area (Å²) in [5, 5.41) is 25.6. The Labute approximate surface area is 215 Å². The van der Waals surface area contributed by atoms with Crippen LogP contribution in [0.15, 0.2) is 47.5 Å². The first kappa shape index (κ1) is 26.2. The number of nitrogens with one attached hydrogen (secondary N) is 2. The highest BCUT2D eigenvalue weighted by Gasteiger charge is 2.39. The van der Waals surface area contributed by atoms with Crippen LogP contribution >= 0.6 is 0 Å². The fourth-order valence-electron chi connectivity index (χ4n) is 5.11. The van der Waals surface area contributed by atoms with E-state index in [-0.39, 0.29) is 35.5 Å². The summed E-state index contributed by atoms with van der Waals surface area (Å²) in [6, 6.07) is 11.2. The van der Waals surface area contributed by atoms with Crippen molar-refractivity contribution in [2.24, 2.45) is 4.99 Å². The molecular formula is C27H32FN5O4. The number of halogens is 1. The number of hydrogen-bond donors (Lipinski definition) is 3. The molecule has 2 aliphatic rings. The number of ether oxygens (including phenoxy) is 2. The molecule has 1 amide bonds. The predicted molar refractivity (Wildman–Crippen MR) is 136 cm³/mol. The van der Waals surface area contributed by atoms with Crippen molar-refractivity contribution in [3.63, 3.8) is 0 Å². The van der Waals surface area contributed by atoms with Crippen molar-refractivity contribution >= 4 is 11.9 Å². The van der Waals surface area contributed by atoms with Crippen LogP contribution in [0.4, 0.5) is 4.39 Å². The van der Waals surface area contributed by atoms with Crippen LogP contribution in [0.3, 0.4) is 0 Å². The number of likely N-dealkylation sites (tertiary alicyclic amines) is 1. The number of carbonyl (C=O) groups is 1. The molecule has 9 nitrogen and oxygen atoms in total. The number of aliphatic imine (C=N–C) groups is 1. The number of nitriles is 1. The SMILES string of the molecule is COc1cccc(O)c1C(=O)NCC1(c2ccccc2F)CCN(/C(=N/C#N)NC[C@H]2CCCO2)CC1. The van der Waals surface area contributed by atoms with Crippen molar-refractivity contribution in [3.8, 4) is 17.7 Å². The number of carbonyl (C=O) groups excluding carboxylic acids is 1. The van der Waals surface area contributed by atoms with Crippen LogP contribution in [0.2, 0.25) is 0 Å². The second-order valence-electron chi connectivity index (χ2n) is 9.34. The average Bonchev–Trinajstić information content (AvgIpc) is 3.44. The van der Waals surface area contributed by atoms with E-state index in [9.17, 15) is 15.2 Å². The molecule has 0 radical (unpaired) electrons. The molecule has 2 fully saturated rings. The van der Waals surface area contributed by atoms with Crippen molar-refractivity contribution in [3.05, 3.63) is 59.4 Å².